The molecule has 3 rings (SSSR count). The molecule has 2 aromatic carbocycles. The molecule has 1 saturated heterocycles. The molecule has 1 aliphatic heterocycles. The van der Waals surface area contributed by atoms with Gasteiger partial charge in [-0.1, -0.05) is 29.8 Å². The maximum absolute atomic E-state index is 12.2. The van der Waals surface area contributed by atoms with E-state index in [4.69, 9.17) is 0 Å². The van der Waals surface area contributed by atoms with Crippen LogP contribution in [0.3, 0.4) is 0 Å². The first kappa shape index (κ1) is 19.1. The summed E-state index contributed by atoms with van der Waals surface area (Å²) in [5, 5.41) is 5.89. The number of nitrogens with one attached hydrogen (secondary N) is 2. The van der Waals surface area contributed by atoms with Crippen molar-refractivity contribution in [2.45, 2.75) is 39.3 Å². The molecule has 0 spiro atoms. The molecule has 27 heavy (non-hydrogen) atoms. The van der Waals surface area contributed by atoms with Crippen LogP contribution in [0.25, 0.3) is 0 Å². The Bertz CT molecular complexity index is 793. The van der Waals surface area contributed by atoms with Crippen molar-refractivity contribution < 1.29 is 9.59 Å². The Labute approximate surface area is 160 Å². The van der Waals surface area contributed by atoms with Crippen molar-refractivity contribution in [2.75, 3.05) is 18.4 Å². The Hall–Kier alpha value is -2.66. The lowest BCUT2D eigenvalue weighted by atomic mass is 10.0. The van der Waals surface area contributed by atoms with E-state index in [0.29, 0.717) is 11.3 Å². The fraction of sp³-hybridized carbons (Fsp3) is 0.364. The number of urea groups is 1. The predicted octanol–water partition coefficient (Wildman–Crippen LogP) is 3.98. The van der Waals surface area contributed by atoms with Gasteiger partial charge in [-0.25, -0.2) is 4.79 Å². The van der Waals surface area contributed by atoms with Gasteiger partial charge in [0, 0.05) is 36.9 Å². The summed E-state index contributed by atoms with van der Waals surface area (Å²) in [6.45, 7) is 6.56. The lowest BCUT2D eigenvalue weighted by Crippen LogP contribution is -2.45. The number of nitrogens with zero attached hydrogens (tertiary/aromatic N) is 1. The number of anilines is 1. The third-order valence-corrected chi connectivity index (χ3v) is 4.96. The lowest BCUT2D eigenvalue weighted by Gasteiger charge is -2.32. The number of benzene rings is 2. The zero-order valence-electron chi connectivity index (χ0n) is 16.0. The zero-order chi connectivity index (χ0) is 19.2. The topological polar surface area (TPSA) is 61.4 Å². The number of ketones is 1. The number of piperidine rings is 1. The second-order valence-corrected chi connectivity index (χ2v) is 7.27. The molecular weight excluding hydrogens is 338 g/mol. The molecule has 2 N–H and O–H groups in total. The van der Waals surface area contributed by atoms with E-state index in [2.05, 4.69) is 46.7 Å². The monoisotopic (exact) mass is 365 g/mol. The molecule has 0 aliphatic carbocycles. The third kappa shape index (κ3) is 5.66. The number of rotatable bonds is 5. The second-order valence-electron chi connectivity index (χ2n) is 7.27. The van der Waals surface area contributed by atoms with E-state index in [1.807, 2.05) is 0 Å². The van der Waals surface area contributed by atoms with Crippen LogP contribution in [0, 0.1) is 6.92 Å². The van der Waals surface area contributed by atoms with E-state index in [0.717, 1.165) is 32.5 Å². The zero-order valence-corrected chi connectivity index (χ0v) is 16.0. The highest BCUT2D eigenvalue weighted by Crippen LogP contribution is 2.15. The molecule has 0 radical (unpaired) electrons. The maximum atomic E-state index is 12.2. The number of hydrogen-bond donors (Lipinski definition) is 2. The lowest BCUT2D eigenvalue weighted by molar-refractivity contribution is 0.101. The number of Topliss-reactive ketones (excluding diaryl/α,β-unsaturated/α-hetero) is 1. The molecule has 1 fully saturated rings. The van der Waals surface area contributed by atoms with Gasteiger partial charge in [0.05, 0.1) is 0 Å². The van der Waals surface area contributed by atoms with Crippen molar-refractivity contribution in [3.05, 3.63) is 65.2 Å². The molecule has 2 aromatic rings. The second kappa shape index (κ2) is 8.82. The maximum Gasteiger partial charge on any atom is 0.319 e. The van der Waals surface area contributed by atoms with Crippen molar-refractivity contribution in [2.24, 2.45) is 0 Å². The molecule has 0 atom stereocenters. The SMILES string of the molecule is CC(=O)c1ccc(NC(=O)NC2CCN(Cc3cccc(C)c3)CC2)cc1. The summed E-state index contributed by atoms with van der Waals surface area (Å²) in [6.07, 6.45) is 1.89. The fourth-order valence-corrected chi connectivity index (χ4v) is 3.44. The summed E-state index contributed by atoms with van der Waals surface area (Å²) in [5.41, 5.74) is 3.96. The summed E-state index contributed by atoms with van der Waals surface area (Å²) < 4.78 is 0. The first-order chi connectivity index (χ1) is 13.0. The van der Waals surface area contributed by atoms with E-state index in [1.54, 1.807) is 24.3 Å². The molecule has 142 valence electrons. The third-order valence-electron chi connectivity index (χ3n) is 4.96. The molecule has 5 heteroatoms. The number of carbonyl (C=O) groups is 2. The van der Waals surface area contributed by atoms with Gasteiger partial charge in [0.15, 0.2) is 5.78 Å². The standard InChI is InChI=1S/C22H27N3O2/c1-16-4-3-5-18(14-16)15-25-12-10-21(11-13-25)24-22(27)23-20-8-6-19(7-9-20)17(2)26/h3-9,14,21H,10-13,15H2,1-2H3,(H2,23,24,27). The van der Waals surface area contributed by atoms with Crippen LogP contribution in [-0.2, 0) is 6.54 Å². The van der Waals surface area contributed by atoms with Gasteiger partial charge in [-0.15, -0.1) is 0 Å². The number of amides is 2. The minimum Gasteiger partial charge on any atom is -0.335 e. The van der Waals surface area contributed by atoms with E-state index in [1.165, 1.54) is 18.1 Å². The quantitative estimate of drug-likeness (QED) is 0.788. The average molecular weight is 365 g/mol. The molecule has 2 amide bonds. The van der Waals surface area contributed by atoms with Crippen LogP contribution in [0.5, 0.6) is 0 Å². The smallest absolute Gasteiger partial charge is 0.319 e. The molecule has 0 bridgehead atoms. The Morgan fingerprint density at radius 2 is 1.78 bits per heavy atom. The van der Waals surface area contributed by atoms with E-state index in [9.17, 15) is 9.59 Å². The van der Waals surface area contributed by atoms with Gasteiger partial charge in [0.1, 0.15) is 0 Å². The molecule has 1 aliphatic rings. The first-order valence-corrected chi connectivity index (χ1v) is 9.46. The Kier molecular flexibility index (Phi) is 6.24. The largest absolute Gasteiger partial charge is 0.335 e. The summed E-state index contributed by atoms with van der Waals surface area (Å²) in [6, 6.07) is 15.6. The number of aryl methyl sites for hydroxylation is 1. The van der Waals surface area contributed by atoms with Gasteiger partial charge in [0.25, 0.3) is 0 Å². The molecule has 1 heterocycles. The van der Waals surface area contributed by atoms with Gasteiger partial charge in [-0.2, -0.15) is 0 Å². The van der Waals surface area contributed by atoms with Gasteiger partial charge in [0.2, 0.25) is 0 Å². The predicted molar refractivity (Wildman–Crippen MR) is 108 cm³/mol. The van der Waals surface area contributed by atoms with Crippen LogP contribution in [0.4, 0.5) is 10.5 Å². The average Bonchev–Trinajstić information content (AvgIpc) is 2.64. The van der Waals surface area contributed by atoms with Crippen LogP contribution in [-0.4, -0.2) is 35.8 Å². The molecular formula is C22H27N3O2. The highest BCUT2D eigenvalue weighted by atomic mass is 16.2. The normalized spacial score (nSPS) is 15.3. The van der Waals surface area contributed by atoms with Crippen molar-refractivity contribution in [1.29, 1.82) is 0 Å². The van der Waals surface area contributed by atoms with Gasteiger partial charge in [-0.3, -0.25) is 9.69 Å². The van der Waals surface area contributed by atoms with Gasteiger partial charge >= 0.3 is 6.03 Å². The number of likely N-dealkylation sites (tertiary alicyclic amines) is 1. The Balaban J connectivity index is 1.43. The van der Waals surface area contributed by atoms with Crippen molar-refractivity contribution in [3.8, 4) is 0 Å². The van der Waals surface area contributed by atoms with Crippen molar-refractivity contribution in [3.63, 3.8) is 0 Å². The van der Waals surface area contributed by atoms with Gasteiger partial charge in [-0.05, 0) is 56.5 Å². The Morgan fingerprint density at radius 3 is 2.41 bits per heavy atom. The van der Waals surface area contributed by atoms with Crippen LogP contribution >= 0.6 is 0 Å². The van der Waals surface area contributed by atoms with E-state index >= 15 is 0 Å². The first-order valence-electron chi connectivity index (χ1n) is 9.46. The van der Waals surface area contributed by atoms with Crippen LogP contribution in [0.1, 0.15) is 41.3 Å². The highest BCUT2D eigenvalue weighted by molar-refractivity contribution is 5.95. The minimum atomic E-state index is -0.192. The number of carbonyl (C=O) groups excluding carboxylic acids is 2. The number of hydrogen-bond acceptors (Lipinski definition) is 3. The molecule has 0 saturated carbocycles. The summed E-state index contributed by atoms with van der Waals surface area (Å²) in [4.78, 5) is 25.9. The van der Waals surface area contributed by atoms with Crippen LogP contribution in [0.15, 0.2) is 48.5 Å². The van der Waals surface area contributed by atoms with Crippen molar-refractivity contribution in [1.82, 2.24) is 10.2 Å². The summed E-state index contributed by atoms with van der Waals surface area (Å²) >= 11 is 0. The van der Waals surface area contributed by atoms with Crippen LogP contribution in [0.2, 0.25) is 0 Å². The van der Waals surface area contributed by atoms with E-state index in [-0.39, 0.29) is 17.9 Å². The summed E-state index contributed by atoms with van der Waals surface area (Å²) in [5.74, 6) is 0.0171. The van der Waals surface area contributed by atoms with Crippen LogP contribution < -0.4 is 10.6 Å². The fourth-order valence-electron chi connectivity index (χ4n) is 3.44. The molecule has 0 unspecified atom stereocenters. The van der Waals surface area contributed by atoms with E-state index < -0.39 is 0 Å². The van der Waals surface area contributed by atoms with Crippen molar-refractivity contribution >= 4 is 17.5 Å². The molecule has 5 nitrogen and oxygen atoms in total. The highest BCUT2D eigenvalue weighted by Gasteiger charge is 2.20. The summed E-state index contributed by atoms with van der Waals surface area (Å²) in [7, 11) is 0. The molecule has 0 aromatic heterocycles. The Morgan fingerprint density at radius 1 is 1.07 bits per heavy atom. The minimum absolute atomic E-state index is 0.0171. The van der Waals surface area contributed by atoms with Gasteiger partial charge < -0.3 is 10.6 Å².